The van der Waals surface area contributed by atoms with E-state index in [9.17, 15) is 9.18 Å². The van der Waals surface area contributed by atoms with Crippen molar-refractivity contribution in [3.63, 3.8) is 0 Å². The second kappa shape index (κ2) is 4.29. The van der Waals surface area contributed by atoms with Crippen molar-refractivity contribution in [1.29, 1.82) is 0 Å². The molecule has 3 N–H and O–H groups in total. The van der Waals surface area contributed by atoms with Gasteiger partial charge in [-0.1, -0.05) is 0 Å². The fourth-order valence-electron chi connectivity index (χ4n) is 1.97. The number of fused-ring (bicyclic) bond motifs is 1. The number of aryl methyl sites for hydroxylation is 1. The van der Waals surface area contributed by atoms with Crippen LogP contribution in [0.3, 0.4) is 0 Å². The first-order valence-corrected chi connectivity index (χ1v) is 5.61. The van der Waals surface area contributed by atoms with E-state index in [1.807, 2.05) is 0 Å². The Labute approximate surface area is 104 Å². The van der Waals surface area contributed by atoms with Crippen molar-refractivity contribution in [2.45, 2.75) is 19.9 Å². The van der Waals surface area contributed by atoms with Gasteiger partial charge in [-0.25, -0.2) is 9.37 Å². The van der Waals surface area contributed by atoms with Gasteiger partial charge in [-0.15, -0.1) is 0 Å². The van der Waals surface area contributed by atoms with Crippen LogP contribution in [0.2, 0.25) is 0 Å². The average Bonchev–Trinajstić information content (AvgIpc) is 2.63. The van der Waals surface area contributed by atoms with E-state index >= 15 is 0 Å². The molecule has 0 aliphatic carbocycles. The van der Waals surface area contributed by atoms with E-state index in [0.717, 1.165) is 0 Å². The molecule has 0 aliphatic heterocycles. The van der Waals surface area contributed by atoms with Gasteiger partial charge >= 0.3 is 0 Å². The lowest BCUT2D eigenvalue weighted by Gasteiger charge is -2.14. The number of hydrogen-bond acceptors (Lipinski definition) is 3. The van der Waals surface area contributed by atoms with Crippen LogP contribution in [0.25, 0.3) is 11.0 Å². The predicted molar refractivity (Wildman–Crippen MR) is 67.6 cm³/mol. The van der Waals surface area contributed by atoms with E-state index in [4.69, 9.17) is 5.73 Å². The highest BCUT2D eigenvalue weighted by Crippen LogP contribution is 2.25. The van der Waals surface area contributed by atoms with Crippen LogP contribution in [0, 0.1) is 12.7 Å². The van der Waals surface area contributed by atoms with E-state index in [2.05, 4.69) is 10.3 Å². The molecule has 1 aromatic heterocycles. The van der Waals surface area contributed by atoms with E-state index in [1.54, 1.807) is 31.5 Å². The van der Waals surface area contributed by atoms with Crippen molar-refractivity contribution < 1.29 is 9.18 Å². The molecule has 0 saturated heterocycles. The first-order valence-electron chi connectivity index (χ1n) is 5.61. The lowest BCUT2D eigenvalue weighted by Crippen LogP contribution is -2.28. The molecule has 1 amide bonds. The third-order valence-electron chi connectivity index (χ3n) is 3.01. The Kier molecular flexibility index (Phi) is 2.94. The van der Waals surface area contributed by atoms with Crippen molar-refractivity contribution in [2.24, 2.45) is 0 Å². The summed E-state index contributed by atoms with van der Waals surface area (Å²) < 4.78 is 15.0. The molecule has 1 atom stereocenters. The van der Waals surface area contributed by atoms with E-state index in [0.29, 0.717) is 16.6 Å². The van der Waals surface area contributed by atoms with Gasteiger partial charge in [0, 0.05) is 13.1 Å². The van der Waals surface area contributed by atoms with Gasteiger partial charge in [-0.05, 0) is 25.5 Å². The fourth-order valence-corrected chi connectivity index (χ4v) is 1.97. The predicted octanol–water partition coefficient (Wildman–Crippen LogP) is 1.37. The fraction of sp³-hybridized carbons (Fsp3) is 0.333. The zero-order valence-electron chi connectivity index (χ0n) is 10.5. The number of rotatable bonds is 2. The maximum Gasteiger partial charge on any atom is 0.242 e. The minimum atomic E-state index is -0.495. The van der Waals surface area contributed by atoms with Crippen LogP contribution in [0.4, 0.5) is 10.3 Å². The van der Waals surface area contributed by atoms with Crippen molar-refractivity contribution in [3.05, 3.63) is 23.5 Å². The highest BCUT2D eigenvalue weighted by atomic mass is 19.1. The molecule has 6 heteroatoms. The Morgan fingerprint density at radius 2 is 2.22 bits per heavy atom. The van der Waals surface area contributed by atoms with Crippen LogP contribution in [0.5, 0.6) is 0 Å². The number of nitrogens with two attached hydrogens (primary N) is 1. The van der Waals surface area contributed by atoms with Gasteiger partial charge in [-0.2, -0.15) is 0 Å². The molecule has 1 heterocycles. The molecule has 0 spiro atoms. The first kappa shape index (κ1) is 12.3. The molecule has 0 fully saturated rings. The third-order valence-corrected chi connectivity index (χ3v) is 3.01. The normalized spacial score (nSPS) is 12.7. The van der Waals surface area contributed by atoms with Gasteiger partial charge in [0.25, 0.3) is 0 Å². The SMILES string of the molecule is CNC(=O)C(C)n1c(N)nc2cc(F)c(C)cc21. The molecule has 18 heavy (non-hydrogen) atoms. The molecule has 2 aromatic rings. The minimum Gasteiger partial charge on any atom is -0.369 e. The summed E-state index contributed by atoms with van der Waals surface area (Å²) in [5.74, 6) is -0.311. The second-order valence-corrected chi connectivity index (χ2v) is 4.22. The topological polar surface area (TPSA) is 72.9 Å². The van der Waals surface area contributed by atoms with Crippen LogP contribution in [0.15, 0.2) is 12.1 Å². The highest BCUT2D eigenvalue weighted by Gasteiger charge is 2.20. The molecule has 0 bridgehead atoms. The number of imidazole rings is 1. The van der Waals surface area contributed by atoms with Gasteiger partial charge in [-0.3, -0.25) is 9.36 Å². The first-order chi connectivity index (χ1) is 8.45. The van der Waals surface area contributed by atoms with Gasteiger partial charge in [0.05, 0.1) is 11.0 Å². The van der Waals surface area contributed by atoms with Crippen LogP contribution in [-0.4, -0.2) is 22.5 Å². The number of halogens is 1. The number of nitrogens with one attached hydrogen (secondary N) is 1. The molecule has 0 saturated carbocycles. The summed E-state index contributed by atoms with van der Waals surface area (Å²) >= 11 is 0. The average molecular weight is 250 g/mol. The zero-order chi connectivity index (χ0) is 13.4. The van der Waals surface area contributed by atoms with Gasteiger partial charge in [0.2, 0.25) is 11.9 Å². The third kappa shape index (κ3) is 1.79. The number of amides is 1. The van der Waals surface area contributed by atoms with Crippen molar-refractivity contribution in [3.8, 4) is 0 Å². The van der Waals surface area contributed by atoms with Gasteiger partial charge in [0.1, 0.15) is 11.9 Å². The van der Waals surface area contributed by atoms with Gasteiger partial charge in [0.15, 0.2) is 0 Å². The number of carbonyl (C=O) groups excluding carboxylic acids is 1. The molecule has 5 nitrogen and oxygen atoms in total. The summed E-state index contributed by atoms with van der Waals surface area (Å²) in [6, 6.07) is 2.48. The Balaban J connectivity index is 2.67. The minimum absolute atomic E-state index is 0.178. The largest absolute Gasteiger partial charge is 0.369 e. The van der Waals surface area contributed by atoms with E-state index < -0.39 is 6.04 Å². The molecule has 2 rings (SSSR count). The molecule has 1 unspecified atom stereocenters. The lowest BCUT2D eigenvalue weighted by atomic mass is 10.2. The number of carbonyl (C=O) groups is 1. The molecule has 0 aliphatic rings. The maximum absolute atomic E-state index is 13.4. The molecule has 96 valence electrons. The van der Waals surface area contributed by atoms with Crippen molar-refractivity contribution >= 4 is 22.9 Å². The smallest absolute Gasteiger partial charge is 0.242 e. The Bertz CT molecular complexity index is 620. The number of benzene rings is 1. The standard InChI is InChI=1S/C12H15FN4O/c1-6-4-10-9(5-8(6)13)16-12(14)17(10)7(2)11(18)15-3/h4-5,7H,1-3H3,(H2,14,16)(H,15,18). The number of nitrogens with zero attached hydrogens (tertiary/aromatic N) is 2. The van der Waals surface area contributed by atoms with Crippen molar-refractivity contribution in [2.75, 3.05) is 12.8 Å². The number of likely N-dealkylation sites (N-methyl/N-ethyl adjacent to an activating group) is 1. The summed E-state index contributed by atoms with van der Waals surface area (Å²) in [4.78, 5) is 15.7. The summed E-state index contributed by atoms with van der Waals surface area (Å²) in [5.41, 5.74) is 7.40. The number of aromatic nitrogens is 2. The summed E-state index contributed by atoms with van der Waals surface area (Å²) in [7, 11) is 1.55. The molecule has 1 aromatic carbocycles. The monoisotopic (exact) mass is 250 g/mol. The zero-order valence-corrected chi connectivity index (χ0v) is 10.5. The maximum atomic E-state index is 13.4. The quantitative estimate of drug-likeness (QED) is 0.845. The van der Waals surface area contributed by atoms with Crippen LogP contribution in [-0.2, 0) is 4.79 Å². The van der Waals surface area contributed by atoms with Crippen LogP contribution < -0.4 is 11.1 Å². The lowest BCUT2D eigenvalue weighted by molar-refractivity contribution is -0.123. The summed E-state index contributed by atoms with van der Waals surface area (Å²) in [6.07, 6.45) is 0. The van der Waals surface area contributed by atoms with Crippen LogP contribution in [0.1, 0.15) is 18.5 Å². The van der Waals surface area contributed by atoms with Crippen LogP contribution >= 0.6 is 0 Å². The molecular weight excluding hydrogens is 235 g/mol. The Hall–Kier alpha value is -2.11. The number of anilines is 1. The van der Waals surface area contributed by atoms with Crippen molar-refractivity contribution in [1.82, 2.24) is 14.9 Å². The van der Waals surface area contributed by atoms with Gasteiger partial charge < -0.3 is 11.1 Å². The number of nitrogen functional groups attached to an aromatic ring is 1. The molecular formula is C12H15FN4O. The van der Waals surface area contributed by atoms with E-state index in [-0.39, 0.29) is 17.7 Å². The second-order valence-electron chi connectivity index (χ2n) is 4.22. The van der Waals surface area contributed by atoms with E-state index in [1.165, 1.54) is 6.07 Å². The molecule has 0 radical (unpaired) electrons. The highest BCUT2D eigenvalue weighted by molar-refractivity contribution is 5.85. The Morgan fingerprint density at radius 3 is 2.83 bits per heavy atom. The summed E-state index contributed by atoms with van der Waals surface area (Å²) in [6.45, 7) is 3.38. The Morgan fingerprint density at radius 1 is 1.56 bits per heavy atom. The summed E-state index contributed by atoms with van der Waals surface area (Å²) in [5, 5.41) is 2.55. The number of hydrogen-bond donors (Lipinski definition) is 2.